The number of halogens is 2. The number of amides is 1. The van der Waals surface area contributed by atoms with Crippen molar-refractivity contribution in [3.63, 3.8) is 0 Å². The summed E-state index contributed by atoms with van der Waals surface area (Å²) in [5, 5.41) is 22.1. The number of methoxy groups -OCH3 is 1. The second kappa shape index (κ2) is 7.57. The van der Waals surface area contributed by atoms with Crippen LogP contribution in [0.25, 0.3) is 0 Å². The number of nitrogens with zero attached hydrogens (tertiary/aromatic N) is 2. The number of aromatic hydroxyl groups is 1. The zero-order chi connectivity index (χ0) is 17.7. The van der Waals surface area contributed by atoms with E-state index in [1.807, 2.05) is 0 Å². The van der Waals surface area contributed by atoms with Crippen LogP contribution in [0.15, 0.2) is 39.9 Å². The van der Waals surface area contributed by atoms with E-state index < -0.39 is 11.7 Å². The number of benzene rings is 2. The number of rotatable bonds is 4. The zero-order valence-electron chi connectivity index (χ0n) is 12.4. The summed E-state index contributed by atoms with van der Waals surface area (Å²) in [5.41, 5.74) is 2.62. The molecule has 0 saturated heterocycles. The molecule has 2 aromatic rings. The quantitative estimate of drug-likeness (QED) is 0.618. The number of phenolic OH excluding ortho intramolecular Hbond substituents is 1. The minimum Gasteiger partial charge on any atom is -0.503 e. The lowest BCUT2D eigenvalue weighted by Gasteiger charge is -2.06. The first-order valence-corrected chi connectivity index (χ1v) is 7.35. The van der Waals surface area contributed by atoms with Crippen molar-refractivity contribution < 1.29 is 19.0 Å². The maximum absolute atomic E-state index is 13.7. The Morgan fingerprint density at radius 2 is 2.21 bits per heavy atom. The Kier molecular flexibility index (Phi) is 5.50. The van der Waals surface area contributed by atoms with E-state index in [0.717, 1.165) is 6.07 Å². The average Bonchev–Trinajstić information content (AvgIpc) is 2.57. The minimum atomic E-state index is -0.809. The lowest BCUT2D eigenvalue weighted by Crippen LogP contribution is -2.19. The molecule has 0 spiro atoms. The van der Waals surface area contributed by atoms with Crippen LogP contribution in [-0.4, -0.2) is 24.3 Å². The monoisotopic (exact) mass is 391 g/mol. The molecule has 0 atom stereocenters. The SMILES string of the molecule is COc1cc(/C=N\NC(=O)c2ccc(C#N)cc2F)cc(Br)c1O. The van der Waals surface area contributed by atoms with Crippen LogP contribution in [0.5, 0.6) is 11.5 Å². The molecule has 0 aromatic heterocycles. The third-order valence-electron chi connectivity index (χ3n) is 2.99. The van der Waals surface area contributed by atoms with Crippen molar-refractivity contribution >= 4 is 28.1 Å². The van der Waals surface area contributed by atoms with E-state index in [9.17, 15) is 14.3 Å². The van der Waals surface area contributed by atoms with Gasteiger partial charge in [-0.1, -0.05) is 0 Å². The summed E-state index contributed by atoms with van der Waals surface area (Å²) in [6.45, 7) is 0. The molecule has 0 saturated carbocycles. The van der Waals surface area contributed by atoms with Crippen LogP contribution in [0.2, 0.25) is 0 Å². The molecule has 2 rings (SSSR count). The van der Waals surface area contributed by atoms with E-state index in [4.69, 9.17) is 10.00 Å². The molecule has 0 heterocycles. The fourth-order valence-electron chi connectivity index (χ4n) is 1.82. The van der Waals surface area contributed by atoms with Gasteiger partial charge in [0.2, 0.25) is 0 Å². The topological polar surface area (TPSA) is 94.7 Å². The number of ether oxygens (including phenoxy) is 1. The molecule has 6 nitrogen and oxygen atoms in total. The van der Waals surface area contributed by atoms with Gasteiger partial charge in [0.25, 0.3) is 5.91 Å². The number of nitriles is 1. The summed E-state index contributed by atoms with van der Waals surface area (Å²) in [5.74, 6) is -1.39. The molecule has 8 heteroatoms. The molecule has 0 aliphatic rings. The summed E-state index contributed by atoms with van der Waals surface area (Å²) in [6, 6.07) is 8.38. The van der Waals surface area contributed by atoms with Crippen LogP contribution in [-0.2, 0) is 0 Å². The van der Waals surface area contributed by atoms with E-state index >= 15 is 0 Å². The first-order chi connectivity index (χ1) is 11.5. The highest BCUT2D eigenvalue weighted by Crippen LogP contribution is 2.34. The highest BCUT2D eigenvalue weighted by Gasteiger charge is 2.12. The van der Waals surface area contributed by atoms with Crippen LogP contribution in [0.1, 0.15) is 21.5 Å². The van der Waals surface area contributed by atoms with Gasteiger partial charge in [-0.05, 0) is 51.8 Å². The van der Waals surface area contributed by atoms with Crippen LogP contribution in [0, 0.1) is 17.1 Å². The van der Waals surface area contributed by atoms with Crippen molar-refractivity contribution in [3.05, 3.63) is 57.3 Å². The summed E-state index contributed by atoms with van der Waals surface area (Å²) in [7, 11) is 1.40. The highest BCUT2D eigenvalue weighted by molar-refractivity contribution is 9.10. The Labute approximate surface area is 145 Å². The molecule has 0 radical (unpaired) electrons. The molecular weight excluding hydrogens is 381 g/mol. The lowest BCUT2D eigenvalue weighted by atomic mass is 10.1. The molecule has 122 valence electrons. The second-order valence-electron chi connectivity index (χ2n) is 4.56. The second-order valence-corrected chi connectivity index (χ2v) is 5.41. The van der Waals surface area contributed by atoms with Gasteiger partial charge >= 0.3 is 0 Å². The number of phenols is 1. The van der Waals surface area contributed by atoms with Crippen molar-refractivity contribution in [1.29, 1.82) is 5.26 Å². The minimum absolute atomic E-state index is 0.0571. The van der Waals surface area contributed by atoms with Crippen molar-refractivity contribution in [1.82, 2.24) is 5.43 Å². The van der Waals surface area contributed by atoms with Gasteiger partial charge in [0.05, 0.1) is 35.0 Å². The van der Waals surface area contributed by atoms with Crippen molar-refractivity contribution in [2.75, 3.05) is 7.11 Å². The maximum Gasteiger partial charge on any atom is 0.274 e. The summed E-state index contributed by atoms with van der Waals surface area (Å²) in [6.07, 6.45) is 1.31. The van der Waals surface area contributed by atoms with Crippen LogP contribution >= 0.6 is 15.9 Å². The third-order valence-corrected chi connectivity index (χ3v) is 3.60. The number of hydrogen-bond donors (Lipinski definition) is 2. The Bertz CT molecular complexity index is 862. The average molecular weight is 392 g/mol. The summed E-state index contributed by atoms with van der Waals surface area (Å²) >= 11 is 3.16. The Balaban J connectivity index is 2.13. The summed E-state index contributed by atoms with van der Waals surface area (Å²) in [4.78, 5) is 11.9. The van der Waals surface area contributed by atoms with Crippen LogP contribution in [0.4, 0.5) is 4.39 Å². The van der Waals surface area contributed by atoms with Crippen molar-refractivity contribution in [3.8, 4) is 17.6 Å². The van der Waals surface area contributed by atoms with Gasteiger partial charge in [-0.2, -0.15) is 10.4 Å². The predicted molar refractivity (Wildman–Crippen MR) is 88.5 cm³/mol. The van der Waals surface area contributed by atoms with Gasteiger partial charge in [0, 0.05) is 0 Å². The van der Waals surface area contributed by atoms with E-state index in [-0.39, 0.29) is 22.6 Å². The van der Waals surface area contributed by atoms with Crippen molar-refractivity contribution in [2.45, 2.75) is 0 Å². The van der Waals surface area contributed by atoms with E-state index in [1.165, 1.54) is 31.5 Å². The fraction of sp³-hybridized carbons (Fsp3) is 0.0625. The Morgan fingerprint density at radius 1 is 1.46 bits per heavy atom. The largest absolute Gasteiger partial charge is 0.503 e. The standard InChI is InChI=1S/C16H11BrFN3O3/c1-24-14-6-10(4-12(17)15(14)22)8-20-21-16(23)11-3-2-9(7-19)5-13(11)18/h2-6,8,22H,1H3,(H,21,23)/b20-8-. The third kappa shape index (κ3) is 3.88. The smallest absolute Gasteiger partial charge is 0.274 e. The molecule has 24 heavy (non-hydrogen) atoms. The zero-order valence-corrected chi connectivity index (χ0v) is 14.0. The van der Waals surface area contributed by atoms with E-state index in [0.29, 0.717) is 10.0 Å². The fourth-order valence-corrected chi connectivity index (χ4v) is 2.28. The molecular formula is C16H11BrFN3O3. The lowest BCUT2D eigenvalue weighted by molar-refractivity contribution is 0.0951. The number of carbonyl (C=O) groups is 1. The first-order valence-electron chi connectivity index (χ1n) is 6.55. The van der Waals surface area contributed by atoms with Crippen LogP contribution in [0.3, 0.4) is 0 Å². The van der Waals surface area contributed by atoms with Crippen molar-refractivity contribution in [2.24, 2.45) is 5.10 Å². The molecule has 0 bridgehead atoms. The molecule has 1 amide bonds. The normalized spacial score (nSPS) is 10.4. The molecule has 0 fully saturated rings. The van der Waals surface area contributed by atoms with Gasteiger partial charge < -0.3 is 9.84 Å². The first kappa shape index (κ1) is 17.4. The molecule has 0 unspecified atom stereocenters. The Morgan fingerprint density at radius 3 is 2.83 bits per heavy atom. The van der Waals surface area contributed by atoms with Gasteiger partial charge in [0.1, 0.15) is 5.82 Å². The number of hydrazone groups is 1. The van der Waals surface area contributed by atoms with Gasteiger partial charge in [-0.25, -0.2) is 9.82 Å². The molecule has 2 N–H and O–H groups in total. The molecule has 0 aliphatic carbocycles. The summed E-state index contributed by atoms with van der Waals surface area (Å²) < 4.78 is 19.1. The molecule has 2 aromatic carbocycles. The van der Waals surface area contributed by atoms with E-state index in [1.54, 1.807) is 12.1 Å². The van der Waals surface area contributed by atoms with E-state index in [2.05, 4.69) is 26.5 Å². The van der Waals surface area contributed by atoms with Gasteiger partial charge in [0.15, 0.2) is 11.5 Å². The number of hydrogen-bond acceptors (Lipinski definition) is 5. The van der Waals surface area contributed by atoms with Gasteiger partial charge in [-0.15, -0.1) is 0 Å². The highest BCUT2D eigenvalue weighted by atomic mass is 79.9. The Hall–Kier alpha value is -2.92. The number of nitrogens with one attached hydrogen (secondary N) is 1. The van der Waals surface area contributed by atoms with Gasteiger partial charge in [-0.3, -0.25) is 4.79 Å². The van der Waals surface area contributed by atoms with Crippen LogP contribution < -0.4 is 10.2 Å². The number of carbonyl (C=O) groups excluding carboxylic acids is 1. The molecule has 0 aliphatic heterocycles. The maximum atomic E-state index is 13.7. The predicted octanol–water partition coefficient (Wildman–Crippen LogP) is 2.94.